The van der Waals surface area contributed by atoms with Crippen LogP contribution in [0, 0.1) is 0 Å². The quantitative estimate of drug-likeness (QED) is 0.505. The van der Waals surface area contributed by atoms with E-state index < -0.39 is 22.0 Å². The van der Waals surface area contributed by atoms with Crippen LogP contribution >= 0.6 is 11.8 Å². The number of hydrogen-bond acceptors (Lipinski definition) is 7. The first-order valence-electron chi connectivity index (χ1n) is 6.01. The van der Waals surface area contributed by atoms with Crippen molar-refractivity contribution in [3.05, 3.63) is 24.3 Å². The lowest BCUT2D eigenvalue weighted by Gasteiger charge is -2.09. The number of benzene rings is 1. The van der Waals surface area contributed by atoms with Crippen molar-refractivity contribution in [1.29, 1.82) is 0 Å². The van der Waals surface area contributed by atoms with E-state index in [1.54, 1.807) is 0 Å². The molecule has 0 aromatic heterocycles. The zero-order valence-corrected chi connectivity index (χ0v) is 13.2. The highest BCUT2D eigenvalue weighted by atomic mass is 32.2. The maximum atomic E-state index is 11.1. The van der Waals surface area contributed by atoms with Gasteiger partial charge >= 0.3 is 5.97 Å². The van der Waals surface area contributed by atoms with Crippen molar-refractivity contribution in [2.75, 3.05) is 25.2 Å². The Morgan fingerprint density at radius 2 is 1.95 bits per heavy atom. The van der Waals surface area contributed by atoms with Gasteiger partial charge in [0.2, 0.25) is 10.0 Å². The molecule has 0 saturated carbocycles. The first kappa shape index (κ1) is 17.8. The molecule has 4 N–H and O–H groups in total. The number of rotatable bonds is 8. The van der Waals surface area contributed by atoms with Gasteiger partial charge < -0.3 is 15.2 Å². The van der Waals surface area contributed by atoms with Gasteiger partial charge in [0.05, 0.1) is 18.6 Å². The summed E-state index contributed by atoms with van der Waals surface area (Å²) in [5, 5.41) is 4.99. The molecular weight excluding hydrogens is 316 g/mol. The lowest BCUT2D eigenvalue weighted by Crippen LogP contribution is -2.34. The summed E-state index contributed by atoms with van der Waals surface area (Å²) in [6, 6.07) is 5.18. The first-order chi connectivity index (χ1) is 9.84. The number of ether oxygens (including phenoxy) is 2. The van der Waals surface area contributed by atoms with Crippen LogP contribution in [0.4, 0.5) is 0 Å². The molecule has 0 radical (unpaired) electrons. The second-order valence-corrected chi connectivity index (χ2v) is 6.78. The van der Waals surface area contributed by atoms with Crippen molar-refractivity contribution >= 4 is 27.8 Å². The maximum absolute atomic E-state index is 11.1. The number of primary sulfonamides is 1. The Bertz CT molecular complexity index is 560. The second kappa shape index (κ2) is 8.23. The number of sulfonamides is 1. The van der Waals surface area contributed by atoms with E-state index in [9.17, 15) is 13.2 Å². The molecule has 0 bridgehead atoms. The van der Waals surface area contributed by atoms with E-state index in [-0.39, 0.29) is 4.90 Å². The summed E-state index contributed by atoms with van der Waals surface area (Å²) in [4.78, 5) is 11.1. The highest BCUT2D eigenvalue weighted by Crippen LogP contribution is 2.15. The Balaban J connectivity index is 2.29. The van der Waals surface area contributed by atoms with E-state index in [1.165, 1.54) is 43.1 Å². The predicted octanol–water partition coefficient (Wildman–Crippen LogP) is -0.0537. The van der Waals surface area contributed by atoms with Crippen LogP contribution in [-0.2, 0) is 19.6 Å². The Kier molecular flexibility index (Phi) is 6.96. The predicted molar refractivity (Wildman–Crippen MR) is 80.6 cm³/mol. The number of esters is 1. The minimum atomic E-state index is -3.69. The fraction of sp³-hybridized carbons (Fsp3) is 0.417. The standard InChI is InChI=1S/C12H18N2O5S2/c1-18-12(15)11(13)8-20-7-6-19-9-2-4-10(5-3-9)21(14,16)17/h2-5,11H,6-8,13H2,1H3,(H2,14,16,17). The minimum Gasteiger partial charge on any atom is -0.493 e. The van der Waals surface area contributed by atoms with Crippen molar-refractivity contribution in [1.82, 2.24) is 0 Å². The normalized spacial score (nSPS) is 12.7. The molecular formula is C12H18N2O5S2. The molecule has 1 rings (SSSR count). The molecule has 0 spiro atoms. The Labute approximate surface area is 128 Å². The Morgan fingerprint density at radius 3 is 2.48 bits per heavy atom. The SMILES string of the molecule is COC(=O)C(N)CSCCOc1ccc(S(N)(=O)=O)cc1. The lowest BCUT2D eigenvalue weighted by molar-refractivity contribution is -0.141. The molecule has 0 heterocycles. The Morgan fingerprint density at radius 1 is 1.33 bits per heavy atom. The third kappa shape index (κ3) is 6.34. The van der Waals surface area contributed by atoms with Gasteiger partial charge in [-0.05, 0) is 24.3 Å². The third-order valence-corrected chi connectivity index (χ3v) is 4.43. The number of carbonyl (C=O) groups excluding carboxylic acids is 1. The van der Waals surface area contributed by atoms with Crippen molar-refractivity contribution < 1.29 is 22.7 Å². The maximum Gasteiger partial charge on any atom is 0.323 e. The molecule has 7 nitrogen and oxygen atoms in total. The van der Waals surface area contributed by atoms with Crippen molar-refractivity contribution in [3.8, 4) is 5.75 Å². The van der Waals surface area contributed by atoms with Crippen molar-refractivity contribution in [3.63, 3.8) is 0 Å². The zero-order chi connectivity index (χ0) is 15.9. The number of thioether (sulfide) groups is 1. The van der Waals surface area contributed by atoms with Gasteiger partial charge in [-0.25, -0.2) is 13.6 Å². The van der Waals surface area contributed by atoms with Gasteiger partial charge in [-0.15, -0.1) is 0 Å². The molecule has 0 aliphatic carbocycles. The molecule has 0 amide bonds. The van der Waals surface area contributed by atoms with Gasteiger partial charge in [0.15, 0.2) is 0 Å². The lowest BCUT2D eigenvalue weighted by atomic mass is 10.3. The van der Waals surface area contributed by atoms with Gasteiger partial charge in [0.25, 0.3) is 0 Å². The monoisotopic (exact) mass is 334 g/mol. The van der Waals surface area contributed by atoms with E-state index >= 15 is 0 Å². The van der Waals surface area contributed by atoms with Crippen molar-refractivity contribution in [2.45, 2.75) is 10.9 Å². The van der Waals surface area contributed by atoms with Gasteiger partial charge in [-0.3, -0.25) is 4.79 Å². The van der Waals surface area contributed by atoms with Crippen LogP contribution in [0.25, 0.3) is 0 Å². The van der Waals surface area contributed by atoms with Crippen LogP contribution in [0.2, 0.25) is 0 Å². The molecule has 1 aromatic rings. The average molecular weight is 334 g/mol. The highest BCUT2D eigenvalue weighted by Gasteiger charge is 2.13. The smallest absolute Gasteiger partial charge is 0.323 e. The first-order valence-corrected chi connectivity index (χ1v) is 8.71. The Hall–Kier alpha value is -1.29. The van der Waals surface area contributed by atoms with E-state index in [0.717, 1.165) is 0 Å². The van der Waals surface area contributed by atoms with Crippen molar-refractivity contribution in [2.24, 2.45) is 10.9 Å². The van der Waals surface area contributed by atoms with Gasteiger partial charge in [0, 0.05) is 11.5 Å². The molecule has 0 aliphatic heterocycles. The second-order valence-electron chi connectivity index (χ2n) is 4.07. The number of carbonyl (C=O) groups is 1. The number of methoxy groups -OCH3 is 1. The molecule has 0 saturated heterocycles. The van der Waals surface area contributed by atoms with E-state index in [2.05, 4.69) is 4.74 Å². The molecule has 0 aliphatic rings. The third-order valence-electron chi connectivity index (χ3n) is 2.45. The van der Waals surface area contributed by atoms with Crippen LogP contribution in [-0.4, -0.2) is 45.7 Å². The molecule has 21 heavy (non-hydrogen) atoms. The minimum absolute atomic E-state index is 0.0354. The van der Waals surface area contributed by atoms with Gasteiger partial charge in [-0.2, -0.15) is 11.8 Å². The van der Waals surface area contributed by atoms with Crippen LogP contribution in [0.3, 0.4) is 0 Å². The summed E-state index contributed by atoms with van der Waals surface area (Å²) >= 11 is 1.46. The number of hydrogen-bond donors (Lipinski definition) is 2. The summed E-state index contributed by atoms with van der Waals surface area (Å²) < 4.78 is 32.1. The van der Waals surface area contributed by atoms with Gasteiger partial charge in [0.1, 0.15) is 11.8 Å². The summed E-state index contributed by atoms with van der Waals surface area (Å²) in [6.07, 6.45) is 0. The van der Waals surface area contributed by atoms with Crippen LogP contribution < -0.4 is 15.6 Å². The van der Waals surface area contributed by atoms with E-state index in [1.807, 2.05) is 0 Å². The molecule has 1 unspecified atom stereocenters. The molecule has 9 heteroatoms. The van der Waals surface area contributed by atoms with Crippen LogP contribution in [0.1, 0.15) is 0 Å². The van der Waals surface area contributed by atoms with Crippen LogP contribution in [0.5, 0.6) is 5.75 Å². The zero-order valence-electron chi connectivity index (χ0n) is 11.5. The van der Waals surface area contributed by atoms with Gasteiger partial charge in [-0.1, -0.05) is 0 Å². The molecule has 1 atom stereocenters. The average Bonchev–Trinajstić information content (AvgIpc) is 2.45. The summed E-state index contributed by atoms with van der Waals surface area (Å²) in [7, 11) is -2.39. The molecule has 0 fully saturated rings. The largest absolute Gasteiger partial charge is 0.493 e. The fourth-order valence-corrected chi connectivity index (χ4v) is 2.65. The molecule has 118 valence electrons. The summed E-state index contributed by atoms with van der Waals surface area (Å²) in [5.41, 5.74) is 5.57. The van der Waals surface area contributed by atoms with E-state index in [4.69, 9.17) is 15.6 Å². The number of nitrogens with two attached hydrogens (primary N) is 2. The van der Waals surface area contributed by atoms with E-state index in [0.29, 0.717) is 23.9 Å². The summed E-state index contributed by atoms with van der Waals surface area (Å²) in [6.45, 7) is 0.410. The molecule has 1 aromatic carbocycles. The summed E-state index contributed by atoms with van der Waals surface area (Å²) in [5.74, 6) is 1.18. The van der Waals surface area contributed by atoms with Crippen LogP contribution in [0.15, 0.2) is 29.2 Å². The highest BCUT2D eigenvalue weighted by molar-refractivity contribution is 7.99. The fourth-order valence-electron chi connectivity index (χ4n) is 1.37. The topological polar surface area (TPSA) is 122 Å².